The van der Waals surface area contributed by atoms with Crippen LogP contribution < -0.4 is 14.8 Å². The van der Waals surface area contributed by atoms with Crippen molar-refractivity contribution in [1.82, 2.24) is 15.1 Å². The maximum absolute atomic E-state index is 5.90. The second-order valence-electron chi connectivity index (χ2n) is 5.95. The first-order valence-corrected chi connectivity index (χ1v) is 8.27. The molecule has 0 bridgehead atoms. The summed E-state index contributed by atoms with van der Waals surface area (Å²) >= 11 is 0. The van der Waals surface area contributed by atoms with Crippen LogP contribution in [0.15, 0.2) is 60.9 Å². The van der Waals surface area contributed by atoms with Crippen molar-refractivity contribution in [2.45, 2.75) is 19.5 Å². The first-order valence-electron chi connectivity index (χ1n) is 8.27. The van der Waals surface area contributed by atoms with E-state index in [-0.39, 0.29) is 6.04 Å². The Morgan fingerprint density at radius 1 is 1.08 bits per heavy atom. The summed E-state index contributed by atoms with van der Waals surface area (Å²) in [6.45, 7) is 2.92. The lowest BCUT2D eigenvalue weighted by Gasteiger charge is -2.13. The Hall–Kier alpha value is -2.79. The number of para-hydroxylation sites is 2. The van der Waals surface area contributed by atoms with E-state index in [4.69, 9.17) is 9.47 Å². The van der Waals surface area contributed by atoms with Gasteiger partial charge in [-0.05, 0) is 36.8 Å². The molecule has 5 heteroatoms. The molecule has 1 heterocycles. The lowest BCUT2D eigenvalue weighted by molar-refractivity contribution is 0.379. The number of ether oxygens (including phenoxy) is 2. The van der Waals surface area contributed by atoms with E-state index in [0.717, 1.165) is 18.0 Å². The Labute approximate surface area is 148 Å². The second-order valence-corrected chi connectivity index (χ2v) is 5.95. The average molecular weight is 337 g/mol. The molecule has 0 fully saturated rings. The van der Waals surface area contributed by atoms with Gasteiger partial charge < -0.3 is 14.8 Å². The van der Waals surface area contributed by atoms with Gasteiger partial charge in [0.15, 0.2) is 11.5 Å². The minimum atomic E-state index is 0.248. The summed E-state index contributed by atoms with van der Waals surface area (Å²) in [4.78, 5) is 0. The molecule has 0 aliphatic carbocycles. The van der Waals surface area contributed by atoms with Crippen molar-refractivity contribution >= 4 is 0 Å². The molecule has 0 saturated heterocycles. The number of nitrogens with one attached hydrogen (secondary N) is 1. The van der Waals surface area contributed by atoms with Gasteiger partial charge in [-0.1, -0.05) is 24.3 Å². The topological polar surface area (TPSA) is 48.3 Å². The van der Waals surface area contributed by atoms with E-state index in [9.17, 15) is 0 Å². The van der Waals surface area contributed by atoms with Crippen LogP contribution in [0.2, 0.25) is 0 Å². The molecule has 0 aliphatic rings. The van der Waals surface area contributed by atoms with Crippen LogP contribution in [-0.2, 0) is 13.6 Å². The molecule has 0 unspecified atom stereocenters. The maximum Gasteiger partial charge on any atom is 0.169 e. The van der Waals surface area contributed by atoms with E-state index < -0.39 is 0 Å². The Morgan fingerprint density at radius 2 is 1.80 bits per heavy atom. The molecule has 1 atom stereocenters. The highest BCUT2D eigenvalue weighted by atomic mass is 16.5. The lowest BCUT2D eigenvalue weighted by Crippen LogP contribution is -2.17. The van der Waals surface area contributed by atoms with Crippen molar-refractivity contribution in [1.29, 1.82) is 0 Å². The van der Waals surface area contributed by atoms with Crippen LogP contribution in [0.4, 0.5) is 0 Å². The first-order chi connectivity index (χ1) is 12.2. The molecule has 1 N–H and O–H groups in total. The fourth-order valence-electron chi connectivity index (χ4n) is 2.56. The third kappa shape index (κ3) is 4.39. The molecule has 3 rings (SSSR count). The van der Waals surface area contributed by atoms with Crippen LogP contribution in [0, 0.1) is 0 Å². The standard InChI is InChI=1S/C20H23N3O2/c1-15(17-13-22-23(2)14-17)21-12-16-8-10-18(11-9-16)25-20-7-5-4-6-19(20)24-3/h4-11,13-15,21H,12H2,1-3H3/t15-/m0/s1. The number of rotatable bonds is 7. The number of methoxy groups -OCH3 is 1. The zero-order valence-corrected chi connectivity index (χ0v) is 14.8. The Kier molecular flexibility index (Phi) is 5.36. The summed E-state index contributed by atoms with van der Waals surface area (Å²) < 4.78 is 13.0. The quantitative estimate of drug-likeness (QED) is 0.706. The second kappa shape index (κ2) is 7.85. The molecule has 0 aliphatic heterocycles. The van der Waals surface area contributed by atoms with Crippen LogP contribution in [0.1, 0.15) is 24.1 Å². The van der Waals surface area contributed by atoms with Crippen molar-refractivity contribution in [2.75, 3.05) is 7.11 Å². The third-order valence-electron chi connectivity index (χ3n) is 4.06. The number of nitrogens with zero attached hydrogens (tertiary/aromatic N) is 2. The highest BCUT2D eigenvalue weighted by Crippen LogP contribution is 2.30. The Balaban J connectivity index is 1.58. The van der Waals surface area contributed by atoms with Crippen LogP contribution >= 0.6 is 0 Å². The summed E-state index contributed by atoms with van der Waals surface area (Å²) in [6.07, 6.45) is 3.92. The van der Waals surface area contributed by atoms with E-state index in [1.54, 1.807) is 7.11 Å². The monoisotopic (exact) mass is 337 g/mol. The van der Waals surface area contributed by atoms with Gasteiger partial charge in [0.2, 0.25) is 0 Å². The summed E-state index contributed by atoms with van der Waals surface area (Å²) in [5.41, 5.74) is 2.38. The number of benzene rings is 2. The van der Waals surface area contributed by atoms with Gasteiger partial charge in [0.25, 0.3) is 0 Å². The molecule has 25 heavy (non-hydrogen) atoms. The van der Waals surface area contributed by atoms with Gasteiger partial charge in [-0.2, -0.15) is 5.10 Å². The molecule has 0 amide bonds. The molecule has 0 saturated carbocycles. The minimum absolute atomic E-state index is 0.248. The number of aromatic nitrogens is 2. The van der Waals surface area contributed by atoms with Crippen LogP contribution in [0.3, 0.4) is 0 Å². The van der Waals surface area contributed by atoms with Crippen LogP contribution in [0.5, 0.6) is 17.2 Å². The predicted molar refractivity (Wildman–Crippen MR) is 98.0 cm³/mol. The van der Waals surface area contributed by atoms with Gasteiger partial charge >= 0.3 is 0 Å². The predicted octanol–water partition coefficient (Wildman–Crippen LogP) is 4.07. The molecular formula is C20H23N3O2. The highest BCUT2D eigenvalue weighted by Gasteiger charge is 2.07. The van der Waals surface area contributed by atoms with Gasteiger partial charge in [0.1, 0.15) is 5.75 Å². The molecule has 5 nitrogen and oxygen atoms in total. The molecule has 1 aromatic heterocycles. The van der Waals surface area contributed by atoms with E-state index in [1.807, 2.05) is 60.5 Å². The van der Waals surface area contributed by atoms with E-state index in [1.165, 1.54) is 11.1 Å². The molecule has 3 aromatic rings. The molecule has 0 spiro atoms. The Bertz CT molecular complexity index is 812. The van der Waals surface area contributed by atoms with Gasteiger partial charge in [-0.3, -0.25) is 4.68 Å². The lowest BCUT2D eigenvalue weighted by atomic mass is 10.1. The summed E-state index contributed by atoms with van der Waals surface area (Å²) in [7, 11) is 3.57. The van der Waals surface area contributed by atoms with Crippen LogP contribution in [0.25, 0.3) is 0 Å². The largest absolute Gasteiger partial charge is 0.493 e. The smallest absolute Gasteiger partial charge is 0.169 e. The molecule has 2 aromatic carbocycles. The van der Waals surface area contributed by atoms with Crippen molar-refractivity contribution in [3.63, 3.8) is 0 Å². The normalized spacial score (nSPS) is 12.0. The molecule has 0 radical (unpaired) electrons. The van der Waals surface area contributed by atoms with Crippen molar-refractivity contribution in [2.24, 2.45) is 7.05 Å². The summed E-state index contributed by atoms with van der Waals surface area (Å²) in [6, 6.07) is 15.9. The summed E-state index contributed by atoms with van der Waals surface area (Å²) in [5.74, 6) is 2.22. The number of hydrogen-bond donors (Lipinski definition) is 1. The molecule has 130 valence electrons. The van der Waals surface area contributed by atoms with Gasteiger partial charge in [-0.25, -0.2) is 0 Å². The zero-order chi connectivity index (χ0) is 17.6. The van der Waals surface area contributed by atoms with Gasteiger partial charge in [0.05, 0.1) is 13.3 Å². The van der Waals surface area contributed by atoms with E-state index in [2.05, 4.69) is 29.5 Å². The van der Waals surface area contributed by atoms with E-state index >= 15 is 0 Å². The summed E-state index contributed by atoms with van der Waals surface area (Å²) in [5, 5.41) is 7.71. The first kappa shape index (κ1) is 17.0. The van der Waals surface area contributed by atoms with Gasteiger partial charge in [-0.15, -0.1) is 0 Å². The molecular weight excluding hydrogens is 314 g/mol. The Morgan fingerprint density at radius 3 is 2.44 bits per heavy atom. The third-order valence-corrected chi connectivity index (χ3v) is 4.06. The number of aryl methyl sites for hydroxylation is 1. The number of hydrogen-bond acceptors (Lipinski definition) is 4. The van der Waals surface area contributed by atoms with Crippen molar-refractivity contribution in [3.05, 3.63) is 72.1 Å². The fraction of sp³-hybridized carbons (Fsp3) is 0.250. The fourth-order valence-corrected chi connectivity index (χ4v) is 2.56. The highest BCUT2D eigenvalue weighted by molar-refractivity contribution is 5.43. The SMILES string of the molecule is COc1ccccc1Oc1ccc(CN[C@@H](C)c2cnn(C)c2)cc1. The zero-order valence-electron chi connectivity index (χ0n) is 14.8. The minimum Gasteiger partial charge on any atom is -0.493 e. The van der Waals surface area contributed by atoms with Crippen LogP contribution in [-0.4, -0.2) is 16.9 Å². The van der Waals surface area contributed by atoms with E-state index in [0.29, 0.717) is 5.75 Å². The van der Waals surface area contributed by atoms with Crippen molar-refractivity contribution in [3.8, 4) is 17.2 Å². The van der Waals surface area contributed by atoms with Gasteiger partial charge in [0, 0.05) is 31.4 Å². The average Bonchev–Trinajstić information content (AvgIpc) is 3.08. The maximum atomic E-state index is 5.90. The van der Waals surface area contributed by atoms with Crippen molar-refractivity contribution < 1.29 is 9.47 Å².